The van der Waals surface area contributed by atoms with Crippen molar-refractivity contribution < 1.29 is 14.7 Å². The standard InChI is InChI=1S/C18H14N4O3/c23-17(15-11-22(20-19-15)12-6-2-1-3-7-12)21-10-14(18(24)25)13-8-4-5-9-16(13)21/h1-9,11,14H,10H2,(H,24,25)/t14-/m1/s1. The van der Waals surface area contributed by atoms with Crippen LogP contribution >= 0.6 is 0 Å². The van der Waals surface area contributed by atoms with Gasteiger partial charge in [-0.1, -0.05) is 41.6 Å². The molecule has 0 bridgehead atoms. The maximum absolute atomic E-state index is 12.8. The molecule has 3 aromatic rings. The van der Waals surface area contributed by atoms with E-state index in [9.17, 15) is 14.7 Å². The number of nitrogens with zero attached hydrogens (tertiary/aromatic N) is 4. The zero-order valence-corrected chi connectivity index (χ0v) is 13.1. The van der Waals surface area contributed by atoms with E-state index in [0.29, 0.717) is 11.3 Å². The summed E-state index contributed by atoms with van der Waals surface area (Å²) < 4.78 is 1.52. The van der Waals surface area contributed by atoms with Gasteiger partial charge in [0.25, 0.3) is 5.91 Å². The molecule has 1 aromatic heterocycles. The second kappa shape index (κ2) is 5.86. The normalized spacial score (nSPS) is 15.8. The van der Waals surface area contributed by atoms with E-state index in [4.69, 9.17) is 0 Å². The van der Waals surface area contributed by atoms with Crippen LogP contribution in [0.4, 0.5) is 5.69 Å². The van der Waals surface area contributed by atoms with Crippen LogP contribution in [0.15, 0.2) is 60.8 Å². The van der Waals surface area contributed by atoms with Gasteiger partial charge in [-0.15, -0.1) is 5.10 Å². The largest absolute Gasteiger partial charge is 0.481 e. The summed E-state index contributed by atoms with van der Waals surface area (Å²) in [5.74, 6) is -2.04. The molecule has 0 spiro atoms. The van der Waals surface area contributed by atoms with Crippen LogP contribution in [0.5, 0.6) is 0 Å². The number of anilines is 1. The van der Waals surface area contributed by atoms with Crippen LogP contribution in [0, 0.1) is 0 Å². The number of carboxylic acid groups (broad SMARTS) is 1. The molecule has 1 atom stereocenters. The first-order valence-corrected chi connectivity index (χ1v) is 7.76. The molecule has 25 heavy (non-hydrogen) atoms. The molecule has 0 saturated carbocycles. The smallest absolute Gasteiger partial charge is 0.312 e. The van der Waals surface area contributed by atoms with E-state index >= 15 is 0 Å². The van der Waals surface area contributed by atoms with Crippen LogP contribution < -0.4 is 4.90 Å². The molecule has 0 saturated heterocycles. The van der Waals surface area contributed by atoms with Gasteiger partial charge >= 0.3 is 5.97 Å². The Morgan fingerprint density at radius 2 is 1.76 bits per heavy atom. The van der Waals surface area contributed by atoms with E-state index in [2.05, 4.69) is 10.3 Å². The van der Waals surface area contributed by atoms with E-state index < -0.39 is 11.9 Å². The van der Waals surface area contributed by atoms with Crippen LogP contribution in [0.2, 0.25) is 0 Å². The summed E-state index contributed by atoms with van der Waals surface area (Å²) in [6.45, 7) is 0.0890. The second-order valence-electron chi connectivity index (χ2n) is 5.75. The maximum Gasteiger partial charge on any atom is 0.312 e. The molecule has 0 aliphatic carbocycles. The lowest BCUT2D eigenvalue weighted by Gasteiger charge is -2.15. The van der Waals surface area contributed by atoms with E-state index in [1.54, 1.807) is 30.5 Å². The third-order valence-electron chi connectivity index (χ3n) is 4.24. The van der Waals surface area contributed by atoms with Crippen molar-refractivity contribution in [2.45, 2.75) is 5.92 Å². The Bertz CT molecular complexity index is 952. The summed E-state index contributed by atoms with van der Waals surface area (Å²) >= 11 is 0. The van der Waals surface area contributed by atoms with Gasteiger partial charge in [-0.05, 0) is 23.8 Å². The fourth-order valence-electron chi connectivity index (χ4n) is 3.02. The lowest BCUT2D eigenvalue weighted by atomic mass is 10.0. The van der Waals surface area contributed by atoms with Crippen LogP contribution in [-0.2, 0) is 4.79 Å². The van der Waals surface area contributed by atoms with Gasteiger partial charge < -0.3 is 10.0 Å². The molecule has 0 unspecified atom stereocenters. The number of para-hydroxylation sites is 2. The minimum atomic E-state index is -0.948. The molecule has 0 radical (unpaired) electrons. The predicted molar refractivity (Wildman–Crippen MR) is 89.9 cm³/mol. The average molecular weight is 334 g/mol. The topological polar surface area (TPSA) is 88.3 Å². The van der Waals surface area contributed by atoms with Gasteiger partial charge in [0.15, 0.2) is 5.69 Å². The highest BCUT2D eigenvalue weighted by molar-refractivity contribution is 6.07. The summed E-state index contributed by atoms with van der Waals surface area (Å²) in [6, 6.07) is 16.4. The van der Waals surface area contributed by atoms with Crippen molar-refractivity contribution in [3.8, 4) is 5.69 Å². The lowest BCUT2D eigenvalue weighted by molar-refractivity contribution is -0.138. The molecule has 7 heteroatoms. The number of hydrogen-bond acceptors (Lipinski definition) is 4. The Balaban J connectivity index is 1.66. The van der Waals surface area contributed by atoms with Crippen molar-refractivity contribution in [2.24, 2.45) is 0 Å². The summed E-state index contributed by atoms with van der Waals surface area (Å²) in [5.41, 5.74) is 2.21. The summed E-state index contributed by atoms with van der Waals surface area (Å²) in [4.78, 5) is 25.8. The zero-order valence-electron chi connectivity index (χ0n) is 13.1. The monoisotopic (exact) mass is 334 g/mol. The summed E-state index contributed by atoms with van der Waals surface area (Å²) in [5, 5.41) is 17.4. The number of amides is 1. The Morgan fingerprint density at radius 1 is 1.04 bits per heavy atom. The zero-order chi connectivity index (χ0) is 17.4. The van der Waals surface area contributed by atoms with Crippen molar-refractivity contribution in [3.05, 3.63) is 72.1 Å². The van der Waals surface area contributed by atoms with Crippen molar-refractivity contribution in [1.29, 1.82) is 0 Å². The van der Waals surface area contributed by atoms with Crippen molar-refractivity contribution in [1.82, 2.24) is 15.0 Å². The summed E-state index contributed by atoms with van der Waals surface area (Å²) in [7, 11) is 0. The van der Waals surface area contributed by atoms with Gasteiger partial charge in [-0.2, -0.15) is 0 Å². The number of aliphatic carboxylic acids is 1. The fraction of sp³-hybridized carbons (Fsp3) is 0.111. The van der Waals surface area contributed by atoms with Gasteiger partial charge in [0.2, 0.25) is 0 Å². The Labute approximate surface area is 143 Å². The van der Waals surface area contributed by atoms with Gasteiger partial charge in [0.1, 0.15) is 5.92 Å². The van der Waals surface area contributed by atoms with Crippen molar-refractivity contribution in [3.63, 3.8) is 0 Å². The molecule has 124 valence electrons. The Kier molecular flexibility index (Phi) is 3.53. The van der Waals surface area contributed by atoms with Gasteiger partial charge in [0, 0.05) is 12.2 Å². The minimum absolute atomic E-state index is 0.0890. The lowest BCUT2D eigenvalue weighted by Crippen LogP contribution is -2.31. The molecular formula is C18H14N4O3. The van der Waals surface area contributed by atoms with Gasteiger partial charge in [0.05, 0.1) is 11.9 Å². The molecular weight excluding hydrogens is 320 g/mol. The summed E-state index contributed by atoms with van der Waals surface area (Å²) in [6.07, 6.45) is 1.55. The Morgan fingerprint density at radius 3 is 2.52 bits per heavy atom. The highest BCUT2D eigenvalue weighted by atomic mass is 16.4. The van der Waals surface area contributed by atoms with Gasteiger partial charge in [-0.3, -0.25) is 9.59 Å². The average Bonchev–Trinajstić information content (AvgIpc) is 3.27. The number of benzene rings is 2. The van der Waals surface area contributed by atoms with E-state index in [1.807, 2.05) is 30.3 Å². The quantitative estimate of drug-likeness (QED) is 0.792. The van der Waals surface area contributed by atoms with Gasteiger partial charge in [-0.25, -0.2) is 4.68 Å². The molecule has 2 aromatic carbocycles. The van der Waals surface area contributed by atoms with Crippen molar-refractivity contribution >= 4 is 17.6 Å². The third kappa shape index (κ3) is 2.55. The molecule has 1 aliphatic heterocycles. The number of carbonyl (C=O) groups is 2. The fourth-order valence-corrected chi connectivity index (χ4v) is 3.02. The molecule has 2 heterocycles. The molecule has 1 aliphatic rings. The molecule has 1 N–H and O–H groups in total. The first kappa shape index (κ1) is 15.1. The number of carbonyl (C=O) groups excluding carboxylic acids is 1. The molecule has 1 amide bonds. The first-order chi connectivity index (χ1) is 12.1. The van der Waals surface area contributed by atoms with E-state index in [1.165, 1.54) is 9.58 Å². The predicted octanol–water partition coefficient (Wildman–Crippen LogP) is 2.10. The third-order valence-corrected chi connectivity index (χ3v) is 4.24. The highest BCUT2D eigenvalue weighted by Crippen LogP contribution is 2.36. The SMILES string of the molecule is O=C(O)[C@@H]1CN(C(=O)c2cn(-c3ccccc3)nn2)c2ccccc21. The van der Waals surface area contributed by atoms with Crippen LogP contribution in [0.3, 0.4) is 0 Å². The highest BCUT2D eigenvalue weighted by Gasteiger charge is 2.37. The van der Waals surface area contributed by atoms with Crippen LogP contribution in [-0.4, -0.2) is 38.5 Å². The minimum Gasteiger partial charge on any atom is -0.481 e. The second-order valence-corrected chi connectivity index (χ2v) is 5.75. The number of rotatable bonds is 3. The first-order valence-electron chi connectivity index (χ1n) is 7.76. The van der Waals surface area contributed by atoms with E-state index in [-0.39, 0.29) is 18.1 Å². The Hall–Kier alpha value is -3.48. The molecule has 0 fully saturated rings. The van der Waals surface area contributed by atoms with E-state index in [0.717, 1.165) is 5.69 Å². The number of aromatic nitrogens is 3. The molecule has 7 nitrogen and oxygen atoms in total. The van der Waals surface area contributed by atoms with Crippen LogP contribution in [0.1, 0.15) is 22.0 Å². The molecule has 4 rings (SSSR count). The maximum atomic E-state index is 12.8. The number of carboxylic acids is 1. The number of hydrogen-bond donors (Lipinski definition) is 1. The van der Waals surface area contributed by atoms with Crippen molar-refractivity contribution in [2.75, 3.05) is 11.4 Å². The number of fused-ring (bicyclic) bond motifs is 1. The van der Waals surface area contributed by atoms with Crippen LogP contribution in [0.25, 0.3) is 5.69 Å².